The zero-order valence-corrected chi connectivity index (χ0v) is 9.30. The minimum atomic E-state index is 0.292. The van der Waals surface area contributed by atoms with Crippen molar-refractivity contribution in [1.29, 1.82) is 0 Å². The number of hydrogen-bond acceptors (Lipinski definition) is 2. The monoisotopic (exact) mass is 206 g/mol. The number of ether oxygens (including phenoxy) is 1. The average Bonchev–Trinajstić information content (AvgIpc) is 2.66. The van der Waals surface area contributed by atoms with Gasteiger partial charge < -0.3 is 4.74 Å². The molecule has 1 unspecified atom stereocenters. The molecule has 1 aromatic heterocycles. The lowest BCUT2D eigenvalue weighted by Gasteiger charge is -2.13. The summed E-state index contributed by atoms with van der Waals surface area (Å²) in [5.41, 5.74) is 0. The summed E-state index contributed by atoms with van der Waals surface area (Å²) < 4.78 is 7.14. The van der Waals surface area contributed by atoms with Crippen LogP contribution in [0.5, 0.6) is 5.75 Å². The molecule has 0 amide bonds. The lowest BCUT2D eigenvalue weighted by molar-refractivity contribution is 0.220. The van der Waals surface area contributed by atoms with Gasteiger partial charge in [-0.25, -0.2) is 0 Å². The Labute approximate surface area is 88.3 Å². The van der Waals surface area contributed by atoms with Crippen molar-refractivity contribution in [2.75, 3.05) is 0 Å². The summed E-state index contributed by atoms with van der Waals surface area (Å²) in [6, 6.07) is 8.35. The molecule has 0 aliphatic heterocycles. The van der Waals surface area contributed by atoms with Crippen molar-refractivity contribution in [3.8, 4) is 5.75 Å². The second-order valence-electron chi connectivity index (χ2n) is 3.43. The van der Waals surface area contributed by atoms with Gasteiger partial charge in [-0.1, -0.05) is 13.0 Å². The van der Waals surface area contributed by atoms with E-state index in [1.165, 1.54) is 10.1 Å². The molecule has 0 aliphatic rings. The summed E-state index contributed by atoms with van der Waals surface area (Å²) in [6.07, 6.45) is 1.33. The number of benzene rings is 1. The van der Waals surface area contributed by atoms with Gasteiger partial charge in [0.05, 0.1) is 6.10 Å². The smallest absolute Gasteiger partial charge is 0.128 e. The molecule has 2 rings (SSSR count). The van der Waals surface area contributed by atoms with Crippen LogP contribution < -0.4 is 4.74 Å². The molecule has 0 fully saturated rings. The van der Waals surface area contributed by atoms with Gasteiger partial charge in [-0.05, 0) is 36.9 Å². The molecule has 0 saturated carbocycles. The molecule has 0 saturated heterocycles. The third-order valence-electron chi connectivity index (χ3n) is 2.36. The Hall–Kier alpha value is -1.02. The predicted molar refractivity (Wildman–Crippen MR) is 62.2 cm³/mol. The SMILES string of the molecule is CCC(C)Oc1cccc2sccc12. The average molecular weight is 206 g/mol. The van der Waals surface area contributed by atoms with Crippen LogP contribution in [0.1, 0.15) is 20.3 Å². The van der Waals surface area contributed by atoms with Gasteiger partial charge in [0.2, 0.25) is 0 Å². The first-order valence-corrected chi connectivity index (χ1v) is 5.82. The van der Waals surface area contributed by atoms with Crippen molar-refractivity contribution in [1.82, 2.24) is 0 Å². The van der Waals surface area contributed by atoms with Crippen LogP contribution in [0.15, 0.2) is 29.6 Å². The fraction of sp³-hybridized carbons (Fsp3) is 0.333. The van der Waals surface area contributed by atoms with Crippen LogP contribution in [0.2, 0.25) is 0 Å². The second kappa shape index (κ2) is 4.01. The number of thiophene rings is 1. The first-order valence-electron chi connectivity index (χ1n) is 4.94. The molecule has 74 valence electrons. The molecular formula is C12H14OS. The Morgan fingerprint density at radius 1 is 1.36 bits per heavy atom. The number of rotatable bonds is 3. The largest absolute Gasteiger partial charge is 0.490 e. The summed E-state index contributed by atoms with van der Waals surface area (Å²) in [5, 5.41) is 3.34. The highest BCUT2D eigenvalue weighted by atomic mass is 32.1. The van der Waals surface area contributed by atoms with Crippen molar-refractivity contribution in [3.63, 3.8) is 0 Å². The Morgan fingerprint density at radius 3 is 3.00 bits per heavy atom. The van der Waals surface area contributed by atoms with Crippen molar-refractivity contribution in [2.45, 2.75) is 26.4 Å². The zero-order chi connectivity index (χ0) is 9.97. The molecule has 1 aromatic carbocycles. The fourth-order valence-corrected chi connectivity index (χ4v) is 2.17. The normalized spacial score (nSPS) is 13.0. The molecule has 2 aromatic rings. The van der Waals surface area contributed by atoms with E-state index in [0.717, 1.165) is 12.2 Å². The van der Waals surface area contributed by atoms with Crippen LogP contribution >= 0.6 is 11.3 Å². The van der Waals surface area contributed by atoms with E-state index in [4.69, 9.17) is 4.74 Å². The van der Waals surface area contributed by atoms with Gasteiger partial charge in [-0.15, -0.1) is 11.3 Å². The van der Waals surface area contributed by atoms with E-state index in [1.54, 1.807) is 11.3 Å². The van der Waals surface area contributed by atoms with Crippen LogP contribution in [0.3, 0.4) is 0 Å². The highest BCUT2D eigenvalue weighted by Crippen LogP contribution is 2.30. The third kappa shape index (κ3) is 1.75. The van der Waals surface area contributed by atoms with Crippen molar-refractivity contribution < 1.29 is 4.74 Å². The molecule has 0 bridgehead atoms. The summed E-state index contributed by atoms with van der Waals surface area (Å²) in [7, 11) is 0. The zero-order valence-electron chi connectivity index (χ0n) is 8.49. The molecule has 0 spiro atoms. The van der Waals surface area contributed by atoms with Gasteiger partial charge in [0.15, 0.2) is 0 Å². The lowest BCUT2D eigenvalue weighted by atomic mass is 10.2. The molecule has 14 heavy (non-hydrogen) atoms. The Kier molecular flexibility index (Phi) is 2.73. The van der Waals surface area contributed by atoms with Crippen molar-refractivity contribution >= 4 is 21.4 Å². The van der Waals surface area contributed by atoms with Gasteiger partial charge in [0, 0.05) is 10.1 Å². The first-order chi connectivity index (χ1) is 6.81. The molecule has 0 radical (unpaired) electrons. The van der Waals surface area contributed by atoms with Gasteiger partial charge in [0.1, 0.15) is 5.75 Å². The third-order valence-corrected chi connectivity index (χ3v) is 3.24. The van der Waals surface area contributed by atoms with Crippen LogP contribution in [0.4, 0.5) is 0 Å². The molecule has 2 heteroatoms. The highest BCUT2D eigenvalue weighted by Gasteiger charge is 2.05. The van der Waals surface area contributed by atoms with Crippen LogP contribution in [0, 0.1) is 0 Å². The maximum absolute atomic E-state index is 5.84. The molecule has 1 nitrogen and oxygen atoms in total. The summed E-state index contributed by atoms with van der Waals surface area (Å²) in [4.78, 5) is 0. The van der Waals surface area contributed by atoms with E-state index in [-0.39, 0.29) is 0 Å². The van der Waals surface area contributed by atoms with Crippen LogP contribution in [-0.4, -0.2) is 6.10 Å². The summed E-state index contributed by atoms with van der Waals surface area (Å²) in [5.74, 6) is 1.01. The van der Waals surface area contributed by atoms with Gasteiger partial charge in [-0.3, -0.25) is 0 Å². The van der Waals surface area contributed by atoms with E-state index in [0.29, 0.717) is 6.10 Å². The topological polar surface area (TPSA) is 9.23 Å². The quantitative estimate of drug-likeness (QED) is 0.735. The Balaban J connectivity index is 2.36. The van der Waals surface area contributed by atoms with E-state index in [2.05, 4.69) is 37.4 Å². The van der Waals surface area contributed by atoms with E-state index >= 15 is 0 Å². The summed E-state index contributed by atoms with van der Waals surface area (Å²) >= 11 is 1.76. The first kappa shape index (κ1) is 9.53. The number of fused-ring (bicyclic) bond motifs is 1. The van der Waals surface area contributed by atoms with Crippen LogP contribution in [0.25, 0.3) is 10.1 Å². The molecule has 1 heterocycles. The Morgan fingerprint density at radius 2 is 2.21 bits per heavy atom. The standard InChI is InChI=1S/C12H14OS/c1-3-9(2)13-11-5-4-6-12-10(11)7-8-14-12/h4-9H,3H2,1-2H3. The van der Waals surface area contributed by atoms with Gasteiger partial charge >= 0.3 is 0 Å². The van der Waals surface area contributed by atoms with E-state index < -0.39 is 0 Å². The molecule has 1 atom stereocenters. The summed E-state index contributed by atoms with van der Waals surface area (Å²) in [6.45, 7) is 4.24. The van der Waals surface area contributed by atoms with E-state index in [9.17, 15) is 0 Å². The van der Waals surface area contributed by atoms with Crippen LogP contribution in [-0.2, 0) is 0 Å². The molecular weight excluding hydrogens is 192 g/mol. The maximum atomic E-state index is 5.84. The van der Waals surface area contributed by atoms with E-state index in [1.807, 2.05) is 6.07 Å². The number of hydrogen-bond donors (Lipinski definition) is 0. The predicted octanol–water partition coefficient (Wildman–Crippen LogP) is 4.08. The van der Waals surface area contributed by atoms with Gasteiger partial charge in [0.25, 0.3) is 0 Å². The Bertz CT molecular complexity index is 419. The maximum Gasteiger partial charge on any atom is 0.128 e. The highest BCUT2D eigenvalue weighted by molar-refractivity contribution is 7.17. The van der Waals surface area contributed by atoms with Crippen molar-refractivity contribution in [2.24, 2.45) is 0 Å². The lowest BCUT2D eigenvalue weighted by Crippen LogP contribution is -2.09. The minimum Gasteiger partial charge on any atom is -0.490 e. The fourth-order valence-electron chi connectivity index (χ4n) is 1.37. The molecule has 0 N–H and O–H groups in total. The molecule has 0 aliphatic carbocycles. The minimum absolute atomic E-state index is 0.292. The second-order valence-corrected chi connectivity index (χ2v) is 4.37. The van der Waals surface area contributed by atoms with Gasteiger partial charge in [-0.2, -0.15) is 0 Å². The van der Waals surface area contributed by atoms with Crippen molar-refractivity contribution in [3.05, 3.63) is 29.6 Å².